The van der Waals surface area contributed by atoms with Crippen LogP contribution in [0.1, 0.15) is 46.0 Å². The summed E-state index contributed by atoms with van der Waals surface area (Å²) in [7, 11) is 0. The van der Waals surface area contributed by atoms with Crippen LogP contribution in [0.3, 0.4) is 0 Å². The number of carbonyl (C=O) groups is 4. The molecule has 198 valence electrons. The highest BCUT2D eigenvalue weighted by Gasteiger charge is 2.72. The van der Waals surface area contributed by atoms with E-state index in [-0.39, 0.29) is 25.5 Å². The van der Waals surface area contributed by atoms with Crippen molar-refractivity contribution in [3.8, 4) is 0 Å². The molecule has 0 aromatic heterocycles. The molecule has 9 heteroatoms. The van der Waals surface area contributed by atoms with Gasteiger partial charge < -0.3 is 10.1 Å². The molecule has 1 aliphatic heterocycles. The summed E-state index contributed by atoms with van der Waals surface area (Å²) in [5, 5.41) is 2.74. The minimum atomic E-state index is -1.25. The van der Waals surface area contributed by atoms with Gasteiger partial charge in [-0.2, -0.15) is 0 Å². The SMILES string of the molecule is CCOC(=O)c1ccc(NC(=O)CCN2C(=O)[C@H]3[C@H](C2=O)C2(Cl)c4ccccc4C3(Cl)c3ccccc32)cc1. The Morgan fingerprint density at radius 3 is 1.72 bits per heavy atom. The van der Waals surface area contributed by atoms with Gasteiger partial charge in [-0.15, -0.1) is 23.2 Å². The summed E-state index contributed by atoms with van der Waals surface area (Å²) in [6.45, 7) is 1.88. The van der Waals surface area contributed by atoms with Crippen molar-refractivity contribution in [1.82, 2.24) is 4.90 Å². The molecule has 0 saturated carbocycles. The van der Waals surface area contributed by atoms with E-state index in [0.717, 1.165) is 27.2 Å². The first-order chi connectivity index (χ1) is 18.7. The number of anilines is 1. The largest absolute Gasteiger partial charge is 0.462 e. The van der Waals surface area contributed by atoms with E-state index in [2.05, 4.69) is 5.32 Å². The number of nitrogens with one attached hydrogen (secondary N) is 1. The van der Waals surface area contributed by atoms with Crippen molar-refractivity contribution in [3.63, 3.8) is 0 Å². The average molecular weight is 563 g/mol. The molecule has 7 rings (SSSR count). The third kappa shape index (κ3) is 3.56. The molecule has 2 atom stereocenters. The lowest BCUT2D eigenvalue weighted by atomic mass is 9.54. The highest BCUT2D eigenvalue weighted by atomic mass is 35.5. The molecule has 0 unspecified atom stereocenters. The lowest BCUT2D eigenvalue weighted by Crippen LogP contribution is -2.57. The molecule has 1 fully saturated rings. The fourth-order valence-corrected chi connectivity index (χ4v) is 7.38. The molecule has 1 heterocycles. The number of carbonyl (C=O) groups excluding carboxylic acids is 4. The normalized spacial score (nSPS) is 26.1. The van der Waals surface area contributed by atoms with Gasteiger partial charge in [-0.1, -0.05) is 48.5 Å². The van der Waals surface area contributed by atoms with Crippen molar-refractivity contribution in [2.75, 3.05) is 18.5 Å². The number of rotatable bonds is 6. The predicted molar refractivity (Wildman–Crippen MR) is 145 cm³/mol. The number of nitrogens with zero attached hydrogens (tertiary/aromatic N) is 1. The van der Waals surface area contributed by atoms with Crippen LogP contribution in [0.2, 0.25) is 0 Å². The second-order valence-corrected chi connectivity index (χ2v) is 11.1. The topological polar surface area (TPSA) is 92.8 Å². The van der Waals surface area contributed by atoms with E-state index in [9.17, 15) is 19.2 Å². The first-order valence-corrected chi connectivity index (χ1v) is 13.5. The minimum Gasteiger partial charge on any atom is -0.462 e. The second kappa shape index (κ2) is 9.21. The third-order valence-electron chi connectivity index (χ3n) is 7.92. The molecule has 1 saturated heterocycles. The number of imide groups is 1. The maximum atomic E-state index is 13.8. The Hall–Kier alpha value is -3.68. The Labute approximate surface area is 235 Å². The number of halogens is 2. The molecule has 3 aromatic carbocycles. The zero-order valence-electron chi connectivity index (χ0n) is 20.9. The zero-order chi connectivity index (χ0) is 27.5. The Morgan fingerprint density at radius 1 is 0.821 bits per heavy atom. The van der Waals surface area contributed by atoms with Crippen molar-refractivity contribution in [2.45, 2.75) is 23.1 Å². The highest BCUT2D eigenvalue weighted by molar-refractivity contribution is 6.36. The number of ether oxygens (including phenoxy) is 1. The number of benzene rings is 3. The highest BCUT2D eigenvalue weighted by Crippen LogP contribution is 2.69. The number of hydrogen-bond donors (Lipinski definition) is 1. The van der Waals surface area contributed by atoms with Gasteiger partial charge in [0.1, 0.15) is 9.75 Å². The summed E-state index contributed by atoms with van der Waals surface area (Å²) in [4.78, 5) is 50.8. The molecule has 3 aromatic rings. The van der Waals surface area contributed by atoms with E-state index in [1.54, 1.807) is 31.2 Å². The van der Waals surface area contributed by atoms with Crippen LogP contribution in [-0.2, 0) is 28.9 Å². The third-order valence-corrected chi connectivity index (χ3v) is 9.20. The summed E-state index contributed by atoms with van der Waals surface area (Å²) >= 11 is 14.8. The van der Waals surface area contributed by atoms with Gasteiger partial charge in [0.05, 0.1) is 24.0 Å². The molecule has 39 heavy (non-hydrogen) atoms. The van der Waals surface area contributed by atoms with E-state index in [1.807, 2.05) is 48.5 Å². The lowest BCUT2D eigenvalue weighted by Gasteiger charge is -2.54. The van der Waals surface area contributed by atoms with Crippen molar-refractivity contribution < 1.29 is 23.9 Å². The molecule has 3 amide bonds. The average Bonchev–Trinajstić information content (AvgIpc) is 3.21. The van der Waals surface area contributed by atoms with E-state index < -0.39 is 39.4 Å². The van der Waals surface area contributed by atoms with Crippen molar-refractivity contribution in [1.29, 1.82) is 0 Å². The number of esters is 1. The fourth-order valence-electron chi connectivity index (χ4n) is 6.29. The van der Waals surface area contributed by atoms with Gasteiger partial charge in [0.2, 0.25) is 17.7 Å². The van der Waals surface area contributed by atoms with E-state index in [1.165, 1.54) is 0 Å². The zero-order valence-corrected chi connectivity index (χ0v) is 22.5. The molecule has 7 nitrogen and oxygen atoms in total. The van der Waals surface area contributed by atoms with Crippen LogP contribution in [0.25, 0.3) is 0 Å². The number of amides is 3. The summed E-state index contributed by atoms with van der Waals surface area (Å²) in [5.41, 5.74) is 3.76. The standard InChI is InChI=1S/C30H24Cl2N2O5/c1-2-39-28(38)17-11-13-18(14-12-17)33-23(35)15-16-34-26(36)24-25(27(34)37)30(32)20-8-4-3-7-19(20)29(24,31)21-9-5-6-10-22(21)30/h3-14,24-25H,2,15-16H2,1H3,(H,33,35)/t24-,25-,29?,30?/m1/s1. The van der Waals surface area contributed by atoms with Crippen LogP contribution in [0, 0.1) is 11.8 Å². The molecule has 0 radical (unpaired) electrons. The number of likely N-dealkylation sites (tertiary alicyclic amines) is 1. The Bertz CT molecular complexity index is 1410. The number of alkyl halides is 2. The molecular weight excluding hydrogens is 539 g/mol. The Balaban J connectivity index is 1.24. The molecule has 1 N–H and O–H groups in total. The van der Waals surface area contributed by atoms with Crippen molar-refractivity contribution in [2.24, 2.45) is 11.8 Å². The summed E-state index contributed by atoms with van der Waals surface area (Å²) in [5.74, 6) is -3.48. The van der Waals surface area contributed by atoms with E-state index in [4.69, 9.17) is 27.9 Å². The van der Waals surface area contributed by atoms with Gasteiger partial charge in [-0.05, 0) is 53.4 Å². The predicted octanol–water partition coefficient (Wildman–Crippen LogP) is 4.79. The fraction of sp³-hybridized carbons (Fsp3) is 0.267. The van der Waals surface area contributed by atoms with Crippen LogP contribution in [0.5, 0.6) is 0 Å². The second-order valence-electron chi connectivity index (χ2n) is 9.89. The molecule has 0 spiro atoms. The van der Waals surface area contributed by atoms with Gasteiger partial charge in [0, 0.05) is 18.7 Å². The van der Waals surface area contributed by atoms with Gasteiger partial charge in [-0.25, -0.2) is 4.79 Å². The van der Waals surface area contributed by atoms with Gasteiger partial charge >= 0.3 is 5.97 Å². The van der Waals surface area contributed by atoms with Gasteiger partial charge in [0.15, 0.2) is 0 Å². The summed E-state index contributed by atoms with van der Waals surface area (Å²) < 4.78 is 4.97. The summed E-state index contributed by atoms with van der Waals surface area (Å²) in [6, 6.07) is 21.2. The van der Waals surface area contributed by atoms with Crippen molar-refractivity contribution >= 4 is 52.6 Å². The Kier molecular flexibility index (Phi) is 6.04. The van der Waals surface area contributed by atoms with E-state index in [0.29, 0.717) is 11.3 Å². The monoisotopic (exact) mass is 562 g/mol. The maximum Gasteiger partial charge on any atom is 0.338 e. The van der Waals surface area contributed by atoms with Crippen molar-refractivity contribution in [3.05, 3.63) is 101 Å². The number of hydrogen-bond acceptors (Lipinski definition) is 5. The van der Waals surface area contributed by atoms with Crippen LogP contribution in [0.15, 0.2) is 72.8 Å². The lowest BCUT2D eigenvalue weighted by molar-refractivity contribution is -0.140. The van der Waals surface area contributed by atoms with Crippen LogP contribution in [0.4, 0.5) is 5.69 Å². The maximum absolute atomic E-state index is 13.8. The van der Waals surface area contributed by atoms with Crippen LogP contribution < -0.4 is 5.32 Å². The molecule has 3 aliphatic carbocycles. The van der Waals surface area contributed by atoms with Gasteiger partial charge in [-0.3, -0.25) is 19.3 Å². The Morgan fingerprint density at radius 2 is 1.28 bits per heavy atom. The first kappa shape index (κ1) is 25.6. The quantitative estimate of drug-likeness (QED) is 0.265. The molecular formula is C30H24Cl2N2O5. The molecule has 4 aliphatic rings. The van der Waals surface area contributed by atoms with Gasteiger partial charge in [0.25, 0.3) is 0 Å². The summed E-state index contributed by atoms with van der Waals surface area (Å²) in [6.07, 6.45) is -0.110. The molecule has 2 bridgehead atoms. The first-order valence-electron chi connectivity index (χ1n) is 12.7. The minimum absolute atomic E-state index is 0.107. The smallest absolute Gasteiger partial charge is 0.338 e. The van der Waals surface area contributed by atoms with E-state index >= 15 is 0 Å². The van der Waals surface area contributed by atoms with Crippen LogP contribution in [-0.4, -0.2) is 41.7 Å². The van der Waals surface area contributed by atoms with Crippen LogP contribution >= 0.6 is 23.2 Å².